The Balaban J connectivity index is 2.19. The zero-order valence-electron chi connectivity index (χ0n) is 13.9. The first kappa shape index (κ1) is 18.0. The molecule has 9 nitrogen and oxygen atoms in total. The third-order valence-corrected chi connectivity index (χ3v) is 3.30. The Morgan fingerprint density at radius 2 is 1.96 bits per heavy atom. The van der Waals surface area contributed by atoms with Gasteiger partial charge in [-0.25, -0.2) is 9.78 Å². The van der Waals surface area contributed by atoms with Gasteiger partial charge in [-0.1, -0.05) is 0 Å². The number of carbonyl (C=O) groups excluding carboxylic acids is 2. The van der Waals surface area contributed by atoms with Gasteiger partial charge in [0.2, 0.25) is 5.91 Å². The summed E-state index contributed by atoms with van der Waals surface area (Å²) in [6.45, 7) is -0.328. The van der Waals surface area contributed by atoms with Crippen LogP contribution in [-0.2, 0) is 16.1 Å². The Bertz CT molecular complexity index is 846. The first-order valence-electron chi connectivity index (χ1n) is 7.14. The molecule has 0 atom stereocenters. The van der Waals surface area contributed by atoms with Gasteiger partial charge in [0.25, 0.3) is 5.56 Å². The van der Waals surface area contributed by atoms with Gasteiger partial charge >= 0.3 is 5.97 Å². The summed E-state index contributed by atoms with van der Waals surface area (Å²) in [5.41, 5.74) is -0.503. The Hall–Kier alpha value is -3.36. The van der Waals surface area contributed by atoms with Gasteiger partial charge in [-0.3, -0.25) is 14.2 Å². The van der Waals surface area contributed by atoms with Crippen LogP contribution in [0.15, 0.2) is 35.5 Å². The van der Waals surface area contributed by atoms with Crippen LogP contribution >= 0.6 is 0 Å². The first-order valence-corrected chi connectivity index (χ1v) is 7.14. The van der Waals surface area contributed by atoms with E-state index in [1.807, 2.05) is 0 Å². The van der Waals surface area contributed by atoms with Crippen LogP contribution < -0.4 is 20.3 Å². The van der Waals surface area contributed by atoms with Crippen molar-refractivity contribution in [2.24, 2.45) is 0 Å². The monoisotopic (exact) mass is 347 g/mol. The minimum absolute atomic E-state index is 0.250. The highest BCUT2D eigenvalue weighted by atomic mass is 16.5. The van der Waals surface area contributed by atoms with Gasteiger partial charge in [-0.2, -0.15) is 0 Å². The molecule has 0 aliphatic carbocycles. The van der Waals surface area contributed by atoms with Crippen LogP contribution in [0.3, 0.4) is 0 Å². The van der Waals surface area contributed by atoms with E-state index in [4.69, 9.17) is 9.47 Å². The van der Waals surface area contributed by atoms with Crippen LogP contribution in [0, 0.1) is 0 Å². The van der Waals surface area contributed by atoms with Crippen LogP contribution in [0.4, 0.5) is 5.69 Å². The molecule has 9 heteroatoms. The van der Waals surface area contributed by atoms with Crippen LogP contribution in [-0.4, -0.2) is 42.8 Å². The molecule has 1 aromatic heterocycles. The number of ether oxygens (including phenoxy) is 3. The number of rotatable bonds is 6. The Morgan fingerprint density at radius 3 is 2.60 bits per heavy atom. The molecule has 0 aliphatic rings. The van der Waals surface area contributed by atoms with E-state index in [0.717, 1.165) is 17.9 Å². The van der Waals surface area contributed by atoms with Gasteiger partial charge in [0, 0.05) is 12.3 Å². The number of esters is 1. The molecule has 0 aliphatic heterocycles. The molecule has 1 aromatic carbocycles. The van der Waals surface area contributed by atoms with Crippen molar-refractivity contribution >= 4 is 17.6 Å². The van der Waals surface area contributed by atoms with Crippen molar-refractivity contribution in [2.75, 3.05) is 26.6 Å². The Morgan fingerprint density at radius 1 is 1.20 bits per heavy atom. The molecular formula is C16H17N3O6. The molecule has 1 amide bonds. The lowest BCUT2D eigenvalue weighted by Gasteiger charge is -2.12. The van der Waals surface area contributed by atoms with Crippen molar-refractivity contribution < 1.29 is 23.8 Å². The summed E-state index contributed by atoms with van der Waals surface area (Å²) in [7, 11) is 4.13. The number of anilines is 1. The van der Waals surface area contributed by atoms with Crippen molar-refractivity contribution in [1.29, 1.82) is 0 Å². The molecule has 0 saturated carbocycles. The van der Waals surface area contributed by atoms with Crippen LogP contribution in [0.1, 0.15) is 10.4 Å². The van der Waals surface area contributed by atoms with Crippen LogP contribution in [0.5, 0.6) is 11.5 Å². The smallest absolute Gasteiger partial charge is 0.345 e. The number of nitrogens with one attached hydrogen (secondary N) is 1. The lowest BCUT2D eigenvalue weighted by Crippen LogP contribution is -2.31. The van der Waals surface area contributed by atoms with Gasteiger partial charge in [0.05, 0.1) is 33.3 Å². The number of amides is 1. The Labute approximate surface area is 143 Å². The maximum atomic E-state index is 12.2. The molecule has 2 aromatic rings. The second-order valence-corrected chi connectivity index (χ2v) is 4.85. The topological polar surface area (TPSA) is 109 Å². The lowest BCUT2D eigenvalue weighted by atomic mass is 10.2. The second-order valence-electron chi connectivity index (χ2n) is 4.85. The molecule has 1 N–H and O–H groups in total. The van der Waals surface area contributed by atoms with Crippen LogP contribution in [0.2, 0.25) is 0 Å². The molecule has 0 bridgehead atoms. The number of nitrogens with zero attached hydrogens (tertiary/aromatic N) is 2. The molecule has 2 rings (SSSR count). The highest BCUT2D eigenvalue weighted by Gasteiger charge is 2.15. The highest BCUT2D eigenvalue weighted by Crippen LogP contribution is 2.28. The second kappa shape index (κ2) is 7.95. The summed E-state index contributed by atoms with van der Waals surface area (Å²) in [6, 6.07) is 4.88. The third kappa shape index (κ3) is 4.14. The summed E-state index contributed by atoms with van der Waals surface area (Å²) in [6.07, 6.45) is 2.26. The quantitative estimate of drug-likeness (QED) is 0.766. The fourth-order valence-corrected chi connectivity index (χ4v) is 2.06. The van der Waals surface area contributed by atoms with E-state index in [-0.39, 0.29) is 12.1 Å². The van der Waals surface area contributed by atoms with Crippen molar-refractivity contribution in [3.63, 3.8) is 0 Å². The zero-order chi connectivity index (χ0) is 18.4. The van der Waals surface area contributed by atoms with Crippen molar-refractivity contribution in [3.05, 3.63) is 46.6 Å². The normalized spacial score (nSPS) is 10.0. The van der Waals surface area contributed by atoms with E-state index in [2.05, 4.69) is 15.0 Å². The maximum absolute atomic E-state index is 12.2. The number of hydrogen-bond acceptors (Lipinski definition) is 7. The SMILES string of the molecule is COC(=O)c1cncn(CC(=O)Nc2ccc(OC)cc2OC)c1=O. The van der Waals surface area contributed by atoms with E-state index in [1.165, 1.54) is 20.5 Å². The molecule has 132 valence electrons. The van der Waals surface area contributed by atoms with Gasteiger partial charge < -0.3 is 19.5 Å². The molecule has 0 fully saturated rings. The predicted octanol–water partition coefficient (Wildman–Crippen LogP) is 0.686. The number of methoxy groups -OCH3 is 3. The van der Waals surface area contributed by atoms with Gasteiger partial charge in [-0.05, 0) is 12.1 Å². The molecule has 0 unspecified atom stereocenters. The zero-order valence-corrected chi connectivity index (χ0v) is 13.9. The summed E-state index contributed by atoms with van der Waals surface area (Å²) in [4.78, 5) is 39.6. The summed E-state index contributed by atoms with van der Waals surface area (Å²) >= 11 is 0. The average molecular weight is 347 g/mol. The molecule has 0 spiro atoms. The number of carbonyl (C=O) groups is 2. The Kier molecular flexibility index (Phi) is 5.72. The molecule has 1 heterocycles. The van der Waals surface area contributed by atoms with E-state index in [9.17, 15) is 14.4 Å². The van der Waals surface area contributed by atoms with E-state index in [0.29, 0.717) is 17.2 Å². The molecule has 0 radical (unpaired) electrons. The van der Waals surface area contributed by atoms with Gasteiger partial charge in [-0.15, -0.1) is 0 Å². The largest absolute Gasteiger partial charge is 0.497 e. The maximum Gasteiger partial charge on any atom is 0.345 e. The fourth-order valence-electron chi connectivity index (χ4n) is 2.06. The average Bonchev–Trinajstić information content (AvgIpc) is 2.63. The molecular weight excluding hydrogens is 330 g/mol. The van der Waals surface area contributed by atoms with E-state index < -0.39 is 17.4 Å². The van der Waals surface area contributed by atoms with Crippen molar-refractivity contribution in [3.8, 4) is 11.5 Å². The van der Waals surface area contributed by atoms with Crippen LogP contribution in [0.25, 0.3) is 0 Å². The third-order valence-electron chi connectivity index (χ3n) is 3.30. The first-order chi connectivity index (χ1) is 12.0. The van der Waals surface area contributed by atoms with Crippen molar-refractivity contribution in [1.82, 2.24) is 9.55 Å². The minimum atomic E-state index is -0.816. The summed E-state index contributed by atoms with van der Waals surface area (Å²) < 4.78 is 15.8. The predicted molar refractivity (Wildman–Crippen MR) is 88.0 cm³/mol. The standard InChI is InChI=1S/C16H17N3O6/c1-23-10-4-5-12(13(6-10)24-2)18-14(20)8-19-9-17-7-11(15(19)21)16(22)25-3/h4-7,9H,8H2,1-3H3,(H,18,20). The molecule has 0 saturated heterocycles. The van der Waals surface area contributed by atoms with E-state index >= 15 is 0 Å². The summed E-state index contributed by atoms with van der Waals surface area (Å²) in [5.74, 6) is -0.332. The highest BCUT2D eigenvalue weighted by molar-refractivity contribution is 5.92. The fraction of sp³-hybridized carbons (Fsp3) is 0.250. The number of hydrogen-bond donors (Lipinski definition) is 1. The van der Waals surface area contributed by atoms with Crippen molar-refractivity contribution in [2.45, 2.75) is 6.54 Å². The number of benzene rings is 1. The molecule has 25 heavy (non-hydrogen) atoms. The number of aromatic nitrogens is 2. The van der Waals surface area contributed by atoms with Gasteiger partial charge in [0.15, 0.2) is 0 Å². The van der Waals surface area contributed by atoms with Gasteiger partial charge in [0.1, 0.15) is 23.6 Å². The minimum Gasteiger partial charge on any atom is -0.497 e. The van der Waals surface area contributed by atoms with E-state index in [1.54, 1.807) is 18.2 Å². The lowest BCUT2D eigenvalue weighted by molar-refractivity contribution is -0.116. The summed E-state index contributed by atoms with van der Waals surface area (Å²) in [5, 5.41) is 2.63.